The fraction of sp³-hybridized carbons (Fsp3) is 0.415. The van der Waals surface area contributed by atoms with Gasteiger partial charge in [0.05, 0.1) is 49.2 Å². The Morgan fingerprint density at radius 2 is 1.45 bits per heavy atom. The molecule has 2 aliphatic heterocycles. The molecule has 2 aliphatic carbocycles. The van der Waals surface area contributed by atoms with Crippen molar-refractivity contribution >= 4 is 35.0 Å². The Kier molecular flexibility index (Phi) is 9.77. The summed E-state index contributed by atoms with van der Waals surface area (Å²) in [6, 6.07) is 12.0. The van der Waals surface area contributed by atoms with Crippen LogP contribution < -0.4 is 10.6 Å². The normalized spacial score (nSPS) is 20.4. The zero-order chi connectivity index (χ0) is 38.2. The number of carbonyl (C=O) groups excluding carboxylic acids is 4. The van der Waals surface area contributed by atoms with Gasteiger partial charge >= 0.3 is 12.2 Å². The number of imidazole rings is 2. The quantitative estimate of drug-likeness (QED) is 0.135. The van der Waals surface area contributed by atoms with Gasteiger partial charge < -0.3 is 39.9 Å². The van der Waals surface area contributed by atoms with Gasteiger partial charge in [0.25, 0.3) is 0 Å². The summed E-state index contributed by atoms with van der Waals surface area (Å²) in [6.45, 7) is 5.16. The van der Waals surface area contributed by atoms with Crippen LogP contribution >= 0.6 is 0 Å². The molecular formula is C41H44N8O6. The molecule has 14 heteroatoms. The van der Waals surface area contributed by atoms with Crippen molar-refractivity contribution in [1.29, 1.82) is 0 Å². The van der Waals surface area contributed by atoms with E-state index in [0.29, 0.717) is 25.3 Å². The standard InChI is InChI=1S/C41H44N8O6/c1-23-19-33(49(22-23)39(51)35(28-15-16-28)47-41(53)55-3)36-42-21-31(45-36)26-11-8-24(9-12-26)6-7-25-10-17-29-30(20-25)44-37(43-29)32-5-4-18-48(32)38(50)34(27-13-14-27)46-40(52)54-2/h8-12,17,20-21,27-28,32-35H,1,4-5,13-16,18-19,22H2,2-3H3,(H,42,45)(H,43,44)(H,46,52)(H,47,53)/t32-,33-,34+,35+/m0/s1. The third-order valence-electron chi connectivity index (χ3n) is 11.0. The zero-order valence-electron chi connectivity index (χ0n) is 30.9. The van der Waals surface area contributed by atoms with Crippen LogP contribution in [0.4, 0.5) is 9.59 Å². The van der Waals surface area contributed by atoms with Crippen LogP contribution in [-0.4, -0.2) is 93.1 Å². The van der Waals surface area contributed by atoms with Crippen molar-refractivity contribution in [3.05, 3.63) is 83.6 Å². The maximum Gasteiger partial charge on any atom is 0.407 e. The summed E-state index contributed by atoms with van der Waals surface area (Å²) in [5.74, 6) is 7.91. The van der Waals surface area contributed by atoms with Crippen molar-refractivity contribution < 1.29 is 28.7 Å². The number of hydrogen-bond donors (Lipinski definition) is 4. The van der Waals surface area contributed by atoms with E-state index >= 15 is 0 Å². The molecule has 8 rings (SSSR count). The molecule has 284 valence electrons. The van der Waals surface area contributed by atoms with E-state index in [0.717, 1.165) is 83.3 Å². The molecule has 55 heavy (non-hydrogen) atoms. The number of H-pyrrole nitrogens is 2. The van der Waals surface area contributed by atoms with E-state index < -0.39 is 24.3 Å². The molecule has 4 atom stereocenters. The van der Waals surface area contributed by atoms with Crippen LogP contribution in [0.25, 0.3) is 22.3 Å². The first kappa shape index (κ1) is 35.9. The third-order valence-corrected chi connectivity index (χ3v) is 11.0. The number of benzene rings is 2. The average molecular weight is 745 g/mol. The summed E-state index contributed by atoms with van der Waals surface area (Å²) >= 11 is 0. The molecule has 2 saturated carbocycles. The highest BCUT2D eigenvalue weighted by atomic mass is 16.5. The predicted octanol–water partition coefficient (Wildman–Crippen LogP) is 5.12. The van der Waals surface area contributed by atoms with E-state index in [-0.39, 0.29) is 35.7 Å². The molecule has 0 radical (unpaired) electrons. The number of nitrogens with zero attached hydrogens (tertiary/aromatic N) is 4. The molecule has 2 saturated heterocycles. The molecule has 4 heterocycles. The summed E-state index contributed by atoms with van der Waals surface area (Å²) in [4.78, 5) is 71.1. The first-order valence-electron chi connectivity index (χ1n) is 18.8. The number of alkyl carbamates (subject to hydrolysis) is 2. The molecule has 4 N–H and O–H groups in total. The highest BCUT2D eigenvalue weighted by Gasteiger charge is 2.45. The molecule has 0 unspecified atom stereocenters. The molecular weight excluding hydrogens is 701 g/mol. The number of nitrogens with one attached hydrogen (secondary N) is 4. The maximum atomic E-state index is 13.6. The molecule has 4 aromatic rings. The Morgan fingerprint density at radius 3 is 2.11 bits per heavy atom. The number of aromatic amines is 2. The monoisotopic (exact) mass is 744 g/mol. The number of ether oxygens (including phenoxy) is 2. The van der Waals surface area contributed by atoms with Crippen molar-refractivity contribution in [1.82, 2.24) is 40.4 Å². The van der Waals surface area contributed by atoms with Crippen LogP contribution in [0.3, 0.4) is 0 Å². The second-order valence-electron chi connectivity index (χ2n) is 14.9. The van der Waals surface area contributed by atoms with Gasteiger partial charge in [0.2, 0.25) is 11.8 Å². The lowest BCUT2D eigenvalue weighted by atomic mass is 10.1. The van der Waals surface area contributed by atoms with Gasteiger partial charge in [-0.05, 0) is 92.7 Å². The van der Waals surface area contributed by atoms with Gasteiger partial charge in [0, 0.05) is 24.2 Å². The Hall–Kier alpha value is -6.10. The Bertz CT molecular complexity index is 2210. The molecule has 4 aliphatic rings. The second kappa shape index (κ2) is 15.0. The van der Waals surface area contributed by atoms with Gasteiger partial charge in [0.15, 0.2) is 0 Å². The van der Waals surface area contributed by atoms with Crippen molar-refractivity contribution in [2.45, 2.75) is 69.1 Å². The minimum absolute atomic E-state index is 0.0895. The Labute approximate surface area is 318 Å². The molecule has 14 nitrogen and oxygen atoms in total. The highest BCUT2D eigenvalue weighted by molar-refractivity contribution is 5.88. The highest BCUT2D eigenvalue weighted by Crippen LogP contribution is 2.40. The zero-order valence-corrected chi connectivity index (χ0v) is 30.9. The number of hydrogen-bond acceptors (Lipinski definition) is 8. The number of fused-ring (bicyclic) bond motifs is 1. The van der Waals surface area contributed by atoms with Crippen LogP contribution in [0.1, 0.15) is 79.8 Å². The minimum Gasteiger partial charge on any atom is -0.453 e. The molecule has 0 bridgehead atoms. The smallest absolute Gasteiger partial charge is 0.407 e. The summed E-state index contributed by atoms with van der Waals surface area (Å²) in [7, 11) is 2.60. The van der Waals surface area contributed by atoms with Gasteiger partial charge in [-0.1, -0.05) is 36.1 Å². The van der Waals surface area contributed by atoms with Crippen LogP contribution in [-0.2, 0) is 19.1 Å². The van der Waals surface area contributed by atoms with Crippen LogP contribution in [0.2, 0.25) is 0 Å². The molecule has 0 spiro atoms. The fourth-order valence-electron chi connectivity index (χ4n) is 7.74. The van der Waals surface area contributed by atoms with E-state index in [9.17, 15) is 19.2 Å². The van der Waals surface area contributed by atoms with Gasteiger partial charge in [-0.2, -0.15) is 0 Å². The third kappa shape index (κ3) is 7.64. The van der Waals surface area contributed by atoms with Gasteiger partial charge in [-0.3, -0.25) is 9.59 Å². The van der Waals surface area contributed by atoms with Crippen molar-refractivity contribution in [3.8, 4) is 23.1 Å². The van der Waals surface area contributed by atoms with Crippen molar-refractivity contribution in [2.75, 3.05) is 27.3 Å². The summed E-state index contributed by atoms with van der Waals surface area (Å²) < 4.78 is 9.55. The number of likely N-dealkylation sites (tertiary alicyclic amines) is 2. The van der Waals surface area contributed by atoms with Crippen molar-refractivity contribution in [2.24, 2.45) is 11.8 Å². The maximum absolute atomic E-state index is 13.6. The lowest BCUT2D eigenvalue weighted by Gasteiger charge is -2.28. The number of amides is 4. The lowest BCUT2D eigenvalue weighted by molar-refractivity contribution is -0.135. The molecule has 2 aromatic heterocycles. The van der Waals surface area contributed by atoms with Crippen LogP contribution in [0, 0.1) is 23.7 Å². The number of methoxy groups -OCH3 is 2. The second-order valence-corrected chi connectivity index (χ2v) is 14.9. The predicted molar refractivity (Wildman–Crippen MR) is 202 cm³/mol. The molecule has 4 fully saturated rings. The van der Waals surface area contributed by atoms with Gasteiger partial charge in [-0.25, -0.2) is 19.6 Å². The number of carbonyl (C=O) groups is 4. The lowest BCUT2D eigenvalue weighted by Crippen LogP contribution is -2.49. The Morgan fingerprint density at radius 1 is 0.818 bits per heavy atom. The minimum atomic E-state index is -0.633. The molecule has 4 amide bonds. The van der Waals surface area contributed by atoms with E-state index in [1.54, 1.807) is 11.1 Å². The van der Waals surface area contributed by atoms with Crippen LogP contribution in [0.5, 0.6) is 0 Å². The topological polar surface area (TPSA) is 175 Å². The van der Waals surface area contributed by atoms with E-state index in [1.165, 1.54) is 14.2 Å². The summed E-state index contributed by atoms with van der Waals surface area (Å²) in [5, 5.41) is 5.48. The van der Waals surface area contributed by atoms with Crippen molar-refractivity contribution in [3.63, 3.8) is 0 Å². The summed E-state index contributed by atoms with van der Waals surface area (Å²) in [6.07, 6.45) is 6.38. The number of aromatic nitrogens is 4. The Balaban J connectivity index is 0.932. The first-order valence-corrected chi connectivity index (χ1v) is 18.8. The first-order chi connectivity index (χ1) is 26.7. The average Bonchev–Trinajstić information content (AvgIpc) is 3.99. The summed E-state index contributed by atoms with van der Waals surface area (Å²) in [5.41, 5.74) is 5.97. The van der Waals surface area contributed by atoms with E-state index in [4.69, 9.17) is 14.5 Å². The van der Waals surface area contributed by atoms with Gasteiger partial charge in [0.1, 0.15) is 23.7 Å². The fourth-order valence-corrected chi connectivity index (χ4v) is 7.74. The molecule has 2 aromatic carbocycles. The largest absolute Gasteiger partial charge is 0.453 e. The SMILES string of the molecule is C=C1C[C@@H](c2ncc(-c3ccc(C#Cc4ccc5nc([C@@H]6CCCN6C(=O)[C@H](NC(=O)OC)C6CC6)[nH]c5c4)cc3)[nH]2)N(C(=O)[C@H](NC(=O)OC)C2CC2)C1. The van der Waals surface area contributed by atoms with Crippen LogP contribution in [0.15, 0.2) is 60.8 Å². The van der Waals surface area contributed by atoms with E-state index in [2.05, 4.69) is 44.0 Å². The van der Waals surface area contributed by atoms with Gasteiger partial charge in [-0.15, -0.1) is 0 Å². The van der Waals surface area contributed by atoms with E-state index in [1.807, 2.05) is 47.4 Å². The number of rotatable bonds is 9.